The van der Waals surface area contributed by atoms with Gasteiger partial charge in [-0.1, -0.05) is 0 Å². The first-order valence-electron chi connectivity index (χ1n) is 5.98. The fraction of sp³-hybridized carbons (Fsp3) is 1.00. The van der Waals surface area contributed by atoms with Gasteiger partial charge in [0.2, 0.25) is 0 Å². The predicted molar refractivity (Wildman–Crippen MR) is 55.3 cm³/mol. The highest BCUT2D eigenvalue weighted by Gasteiger charge is 2.38. The molecule has 0 aromatic carbocycles. The maximum absolute atomic E-state index is 5.74. The van der Waals surface area contributed by atoms with Gasteiger partial charge in [-0.25, -0.2) is 0 Å². The minimum atomic E-state index is 0.447. The van der Waals surface area contributed by atoms with Gasteiger partial charge in [0.1, 0.15) is 0 Å². The summed E-state index contributed by atoms with van der Waals surface area (Å²) < 4.78 is 5.74. The summed E-state index contributed by atoms with van der Waals surface area (Å²) in [7, 11) is 0. The molecule has 0 radical (unpaired) electrons. The summed E-state index contributed by atoms with van der Waals surface area (Å²) in [6, 6.07) is 0.894. The van der Waals surface area contributed by atoms with Crippen LogP contribution in [0.1, 0.15) is 19.3 Å². The van der Waals surface area contributed by atoms with Crippen molar-refractivity contribution in [3.63, 3.8) is 0 Å². The number of likely N-dealkylation sites (tertiary alicyclic amines) is 1. The van der Waals surface area contributed by atoms with Crippen molar-refractivity contribution >= 4 is 0 Å². The standard InChI is InChI=1S/C11H20N2O/c1-2-10-5-9(1)7-13(10)8-11-6-12-3-4-14-11/h9-12H,1-8H2. The molecule has 2 aliphatic heterocycles. The molecule has 0 aromatic heterocycles. The van der Waals surface area contributed by atoms with E-state index in [1.165, 1.54) is 25.8 Å². The molecule has 0 spiro atoms. The molecule has 3 aliphatic rings. The molecule has 3 unspecified atom stereocenters. The van der Waals surface area contributed by atoms with E-state index >= 15 is 0 Å². The summed E-state index contributed by atoms with van der Waals surface area (Å²) in [6.07, 6.45) is 4.82. The Morgan fingerprint density at radius 3 is 3.00 bits per heavy atom. The molecule has 1 aliphatic carbocycles. The van der Waals surface area contributed by atoms with Gasteiger partial charge in [0, 0.05) is 32.2 Å². The number of hydrogen-bond donors (Lipinski definition) is 1. The number of hydrogen-bond acceptors (Lipinski definition) is 3. The van der Waals surface area contributed by atoms with E-state index in [-0.39, 0.29) is 0 Å². The molecule has 2 saturated heterocycles. The molecule has 2 heterocycles. The van der Waals surface area contributed by atoms with E-state index in [1.54, 1.807) is 0 Å². The van der Waals surface area contributed by atoms with Crippen LogP contribution < -0.4 is 5.32 Å². The minimum absolute atomic E-state index is 0.447. The van der Waals surface area contributed by atoms with Crippen LogP contribution in [0.4, 0.5) is 0 Å². The SMILES string of the molecule is C1COC(CN2CC3CCC2C3)CN1. The third-order valence-corrected chi connectivity index (χ3v) is 3.97. The van der Waals surface area contributed by atoms with E-state index in [2.05, 4.69) is 10.2 Å². The third-order valence-electron chi connectivity index (χ3n) is 3.97. The quantitative estimate of drug-likeness (QED) is 0.694. The predicted octanol–water partition coefficient (Wildman–Crippen LogP) is 0.459. The van der Waals surface area contributed by atoms with Crippen molar-refractivity contribution in [3.05, 3.63) is 0 Å². The third kappa shape index (κ3) is 1.69. The zero-order valence-electron chi connectivity index (χ0n) is 8.74. The van der Waals surface area contributed by atoms with Crippen LogP contribution in [0.15, 0.2) is 0 Å². The van der Waals surface area contributed by atoms with Crippen LogP contribution in [0, 0.1) is 5.92 Å². The number of nitrogens with zero attached hydrogens (tertiary/aromatic N) is 1. The normalized spacial score (nSPS) is 43.3. The molecule has 14 heavy (non-hydrogen) atoms. The first kappa shape index (κ1) is 9.13. The topological polar surface area (TPSA) is 24.5 Å². The first-order valence-corrected chi connectivity index (χ1v) is 5.98. The van der Waals surface area contributed by atoms with Crippen LogP contribution in [0.25, 0.3) is 0 Å². The molecule has 2 bridgehead atoms. The van der Waals surface area contributed by atoms with E-state index in [1.807, 2.05) is 0 Å². The smallest absolute Gasteiger partial charge is 0.0826 e. The van der Waals surface area contributed by atoms with E-state index in [4.69, 9.17) is 4.74 Å². The largest absolute Gasteiger partial charge is 0.374 e. The van der Waals surface area contributed by atoms with Crippen molar-refractivity contribution in [1.82, 2.24) is 10.2 Å². The number of morpholine rings is 1. The van der Waals surface area contributed by atoms with Crippen molar-refractivity contribution in [2.45, 2.75) is 31.4 Å². The lowest BCUT2D eigenvalue weighted by Gasteiger charge is -2.32. The van der Waals surface area contributed by atoms with Gasteiger partial charge >= 0.3 is 0 Å². The van der Waals surface area contributed by atoms with Gasteiger partial charge in [0.05, 0.1) is 12.7 Å². The highest BCUT2D eigenvalue weighted by atomic mass is 16.5. The molecule has 3 heteroatoms. The van der Waals surface area contributed by atoms with E-state index in [0.717, 1.165) is 38.2 Å². The van der Waals surface area contributed by atoms with Crippen LogP contribution in [-0.4, -0.2) is 49.8 Å². The van der Waals surface area contributed by atoms with Crippen LogP contribution in [0.3, 0.4) is 0 Å². The highest BCUT2D eigenvalue weighted by molar-refractivity contribution is 4.93. The van der Waals surface area contributed by atoms with Gasteiger partial charge in [-0.2, -0.15) is 0 Å². The van der Waals surface area contributed by atoms with Gasteiger partial charge in [-0.3, -0.25) is 4.90 Å². The maximum Gasteiger partial charge on any atom is 0.0826 e. The Balaban J connectivity index is 1.52. The number of nitrogens with one attached hydrogen (secondary N) is 1. The molecule has 0 amide bonds. The highest BCUT2D eigenvalue weighted by Crippen LogP contribution is 2.37. The summed E-state index contributed by atoms with van der Waals surface area (Å²) in [6.45, 7) is 5.47. The van der Waals surface area contributed by atoms with Crippen molar-refractivity contribution in [1.29, 1.82) is 0 Å². The summed E-state index contributed by atoms with van der Waals surface area (Å²) in [5.41, 5.74) is 0. The molecule has 1 saturated carbocycles. The monoisotopic (exact) mass is 196 g/mol. The lowest BCUT2D eigenvalue weighted by atomic mass is 10.1. The molecule has 3 rings (SSSR count). The minimum Gasteiger partial charge on any atom is -0.374 e. The molecule has 1 N–H and O–H groups in total. The van der Waals surface area contributed by atoms with Crippen LogP contribution in [0.2, 0.25) is 0 Å². The lowest BCUT2D eigenvalue weighted by Crippen LogP contribution is -2.47. The number of fused-ring (bicyclic) bond motifs is 2. The Kier molecular flexibility index (Phi) is 2.48. The molecule has 3 atom stereocenters. The first-order chi connectivity index (χ1) is 6.92. The molecule has 0 aromatic rings. The zero-order valence-corrected chi connectivity index (χ0v) is 8.74. The average molecular weight is 196 g/mol. The second kappa shape index (κ2) is 3.80. The van der Waals surface area contributed by atoms with Crippen molar-refractivity contribution < 1.29 is 4.74 Å². The average Bonchev–Trinajstić information content (AvgIpc) is 2.81. The lowest BCUT2D eigenvalue weighted by molar-refractivity contribution is -0.000189. The van der Waals surface area contributed by atoms with Crippen LogP contribution >= 0.6 is 0 Å². The summed E-state index contributed by atoms with van der Waals surface area (Å²) in [4.78, 5) is 2.66. The molecule has 3 nitrogen and oxygen atoms in total. The van der Waals surface area contributed by atoms with E-state index < -0.39 is 0 Å². The molecule has 3 fully saturated rings. The Morgan fingerprint density at radius 1 is 1.36 bits per heavy atom. The second-order valence-electron chi connectivity index (χ2n) is 4.98. The van der Waals surface area contributed by atoms with Crippen molar-refractivity contribution in [3.8, 4) is 0 Å². The fourth-order valence-electron chi connectivity index (χ4n) is 3.25. The molecule has 80 valence electrons. The van der Waals surface area contributed by atoms with Crippen LogP contribution in [0.5, 0.6) is 0 Å². The Hall–Kier alpha value is -0.120. The van der Waals surface area contributed by atoms with E-state index in [0.29, 0.717) is 6.10 Å². The number of piperidine rings is 1. The fourth-order valence-corrected chi connectivity index (χ4v) is 3.25. The van der Waals surface area contributed by atoms with Crippen molar-refractivity contribution in [2.24, 2.45) is 5.92 Å². The zero-order chi connectivity index (χ0) is 9.38. The van der Waals surface area contributed by atoms with Crippen molar-refractivity contribution in [2.75, 3.05) is 32.8 Å². The van der Waals surface area contributed by atoms with Gasteiger partial charge in [-0.05, 0) is 25.2 Å². The molecular formula is C11H20N2O. The second-order valence-corrected chi connectivity index (χ2v) is 4.98. The number of rotatable bonds is 2. The number of ether oxygens (including phenoxy) is 1. The van der Waals surface area contributed by atoms with Gasteiger partial charge in [0.25, 0.3) is 0 Å². The molecular weight excluding hydrogens is 176 g/mol. The Labute approximate surface area is 85.8 Å². The van der Waals surface area contributed by atoms with E-state index in [9.17, 15) is 0 Å². The maximum atomic E-state index is 5.74. The Morgan fingerprint density at radius 2 is 2.36 bits per heavy atom. The van der Waals surface area contributed by atoms with Crippen LogP contribution in [-0.2, 0) is 4.74 Å². The van der Waals surface area contributed by atoms with Gasteiger partial charge in [0.15, 0.2) is 0 Å². The van der Waals surface area contributed by atoms with Gasteiger partial charge in [-0.15, -0.1) is 0 Å². The van der Waals surface area contributed by atoms with Gasteiger partial charge < -0.3 is 10.1 Å². The Bertz CT molecular complexity index is 203. The summed E-state index contributed by atoms with van der Waals surface area (Å²) in [5, 5.41) is 3.40. The summed E-state index contributed by atoms with van der Waals surface area (Å²) >= 11 is 0. The summed E-state index contributed by atoms with van der Waals surface area (Å²) in [5.74, 6) is 1.01.